The summed E-state index contributed by atoms with van der Waals surface area (Å²) < 4.78 is 5.67. The van der Waals surface area contributed by atoms with E-state index in [1.165, 1.54) is 18.6 Å². The highest BCUT2D eigenvalue weighted by atomic mass is 16.5. The molecule has 0 aliphatic carbocycles. The van der Waals surface area contributed by atoms with Gasteiger partial charge in [0.2, 0.25) is 0 Å². The summed E-state index contributed by atoms with van der Waals surface area (Å²) in [7, 11) is 0. The Morgan fingerprint density at radius 3 is 2.47 bits per heavy atom. The third-order valence-electron chi connectivity index (χ3n) is 2.92. The molecule has 1 rings (SSSR count). The summed E-state index contributed by atoms with van der Waals surface area (Å²) in [4.78, 5) is 10.8. The largest absolute Gasteiger partial charge is 0.508 e. The number of ether oxygens (including phenoxy) is 1. The maximum absolute atomic E-state index is 10.8. The van der Waals surface area contributed by atoms with E-state index in [1.54, 1.807) is 12.1 Å². The van der Waals surface area contributed by atoms with Gasteiger partial charge in [-0.15, -0.1) is 0 Å². The van der Waals surface area contributed by atoms with Crippen LogP contribution in [0.2, 0.25) is 0 Å². The lowest BCUT2D eigenvalue weighted by atomic mass is 10.1. The Hall–Kier alpha value is -1.71. The fraction of sp³-hybridized carbons (Fsp3) is 0.533. The van der Waals surface area contributed by atoms with Crippen LogP contribution in [0.25, 0.3) is 0 Å². The van der Waals surface area contributed by atoms with Gasteiger partial charge < -0.3 is 14.9 Å². The molecule has 1 aromatic carbocycles. The number of benzene rings is 1. The molecule has 4 nitrogen and oxygen atoms in total. The van der Waals surface area contributed by atoms with E-state index in [1.807, 2.05) is 0 Å². The highest BCUT2D eigenvalue weighted by molar-refractivity contribution is 5.67. The number of phenolic OH excluding ortho intramolecular Hbond substituents is 1. The maximum atomic E-state index is 10.8. The third-order valence-corrected chi connectivity index (χ3v) is 2.92. The SMILES string of the molecule is CCCCCCC(CC(=O)O)Oc1ccc(O)cc1. The van der Waals surface area contributed by atoms with E-state index in [4.69, 9.17) is 9.84 Å². The van der Waals surface area contributed by atoms with Gasteiger partial charge >= 0.3 is 5.97 Å². The second-order valence-electron chi connectivity index (χ2n) is 4.68. The Morgan fingerprint density at radius 1 is 1.21 bits per heavy atom. The Labute approximate surface area is 114 Å². The van der Waals surface area contributed by atoms with Crippen LogP contribution in [0.15, 0.2) is 24.3 Å². The van der Waals surface area contributed by atoms with Crippen molar-refractivity contribution < 1.29 is 19.7 Å². The quantitative estimate of drug-likeness (QED) is 0.670. The molecule has 0 aromatic heterocycles. The van der Waals surface area contributed by atoms with E-state index in [9.17, 15) is 9.90 Å². The summed E-state index contributed by atoms with van der Waals surface area (Å²) in [6.45, 7) is 2.14. The van der Waals surface area contributed by atoms with Crippen LogP contribution in [0.4, 0.5) is 0 Å². The predicted molar refractivity (Wildman–Crippen MR) is 73.5 cm³/mol. The van der Waals surface area contributed by atoms with Gasteiger partial charge in [-0.1, -0.05) is 26.2 Å². The third kappa shape index (κ3) is 6.70. The topological polar surface area (TPSA) is 66.8 Å². The molecule has 0 saturated carbocycles. The lowest BCUT2D eigenvalue weighted by Crippen LogP contribution is -2.20. The number of rotatable bonds is 9. The van der Waals surface area contributed by atoms with E-state index in [0.717, 1.165) is 25.7 Å². The zero-order valence-corrected chi connectivity index (χ0v) is 11.3. The van der Waals surface area contributed by atoms with E-state index in [0.29, 0.717) is 5.75 Å². The molecule has 19 heavy (non-hydrogen) atoms. The van der Waals surface area contributed by atoms with Crippen LogP contribution in [0.3, 0.4) is 0 Å². The smallest absolute Gasteiger partial charge is 0.307 e. The molecule has 1 atom stereocenters. The predicted octanol–water partition coefficient (Wildman–Crippen LogP) is 3.58. The molecule has 0 aliphatic rings. The maximum Gasteiger partial charge on any atom is 0.307 e. The minimum atomic E-state index is -0.848. The Balaban J connectivity index is 2.48. The first-order valence-electron chi connectivity index (χ1n) is 6.79. The monoisotopic (exact) mass is 266 g/mol. The minimum Gasteiger partial charge on any atom is -0.508 e. The van der Waals surface area contributed by atoms with Gasteiger partial charge in [0.15, 0.2) is 0 Å². The number of aromatic hydroxyl groups is 1. The van der Waals surface area contributed by atoms with Crippen molar-refractivity contribution in [2.75, 3.05) is 0 Å². The van der Waals surface area contributed by atoms with E-state index >= 15 is 0 Å². The summed E-state index contributed by atoms with van der Waals surface area (Å²) in [5, 5.41) is 18.1. The van der Waals surface area contributed by atoms with Crippen molar-refractivity contribution in [3.8, 4) is 11.5 Å². The average Bonchev–Trinajstić information content (AvgIpc) is 2.36. The van der Waals surface area contributed by atoms with Crippen molar-refractivity contribution in [3.63, 3.8) is 0 Å². The van der Waals surface area contributed by atoms with Crippen LogP contribution in [0.5, 0.6) is 11.5 Å². The van der Waals surface area contributed by atoms with Gasteiger partial charge in [-0.25, -0.2) is 0 Å². The van der Waals surface area contributed by atoms with Crippen LogP contribution in [-0.4, -0.2) is 22.3 Å². The average molecular weight is 266 g/mol. The highest BCUT2D eigenvalue weighted by Crippen LogP contribution is 2.20. The molecule has 0 saturated heterocycles. The van der Waals surface area contributed by atoms with Gasteiger partial charge in [0.25, 0.3) is 0 Å². The molecule has 0 radical (unpaired) electrons. The molecule has 0 heterocycles. The molecular formula is C15H22O4. The lowest BCUT2D eigenvalue weighted by molar-refractivity contribution is -0.138. The number of phenols is 1. The summed E-state index contributed by atoms with van der Waals surface area (Å²) >= 11 is 0. The molecule has 106 valence electrons. The van der Waals surface area contributed by atoms with E-state index in [2.05, 4.69) is 6.92 Å². The summed E-state index contributed by atoms with van der Waals surface area (Å²) in [6.07, 6.45) is 4.84. The van der Waals surface area contributed by atoms with Crippen molar-refractivity contribution in [2.45, 2.75) is 51.6 Å². The fourth-order valence-electron chi connectivity index (χ4n) is 1.91. The van der Waals surface area contributed by atoms with Gasteiger partial charge in [0, 0.05) is 0 Å². The van der Waals surface area contributed by atoms with Gasteiger partial charge in [-0.3, -0.25) is 4.79 Å². The first-order chi connectivity index (χ1) is 9.11. The van der Waals surface area contributed by atoms with Crippen LogP contribution in [-0.2, 0) is 4.79 Å². The summed E-state index contributed by atoms with van der Waals surface area (Å²) in [5.41, 5.74) is 0. The van der Waals surface area contributed by atoms with Crippen molar-refractivity contribution in [2.24, 2.45) is 0 Å². The Morgan fingerprint density at radius 2 is 1.89 bits per heavy atom. The number of hydrogen-bond donors (Lipinski definition) is 2. The molecule has 0 aliphatic heterocycles. The number of unbranched alkanes of at least 4 members (excludes halogenated alkanes) is 3. The molecule has 0 bridgehead atoms. The first kappa shape index (κ1) is 15.3. The van der Waals surface area contributed by atoms with Gasteiger partial charge in [0.05, 0.1) is 6.42 Å². The van der Waals surface area contributed by atoms with Crippen molar-refractivity contribution in [3.05, 3.63) is 24.3 Å². The van der Waals surface area contributed by atoms with Gasteiger partial charge in [-0.05, 0) is 37.1 Å². The second-order valence-corrected chi connectivity index (χ2v) is 4.68. The van der Waals surface area contributed by atoms with Gasteiger partial charge in [-0.2, -0.15) is 0 Å². The molecule has 0 amide bonds. The summed E-state index contributed by atoms with van der Waals surface area (Å²) in [5.74, 6) is -0.0797. The molecule has 4 heteroatoms. The highest BCUT2D eigenvalue weighted by Gasteiger charge is 2.14. The van der Waals surface area contributed by atoms with E-state index < -0.39 is 5.97 Å². The van der Waals surface area contributed by atoms with Gasteiger partial charge in [0.1, 0.15) is 17.6 Å². The lowest BCUT2D eigenvalue weighted by Gasteiger charge is -2.17. The van der Waals surface area contributed by atoms with Crippen LogP contribution >= 0.6 is 0 Å². The zero-order chi connectivity index (χ0) is 14.1. The Kier molecular flexibility index (Phi) is 6.79. The number of carboxylic acid groups (broad SMARTS) is 1. The molecule has 1 aromatic rings. The van der Waals surface area contributed by atoms with E-state index in [-0.39, 0.29) is 18.3 Å². The number of carbonyl (C=O) groups is 1. The number of carboxylic acids is 1. The first-order valence-corrected chi connectivity index (χ1v) is 6.79. The number of aliphatic carboxylic acids is 1. The normalized spacial score (nSPS) is 12.1. The molecular weight excluding hydrogens is 244 g/mol. The second kappa shape index (κ2) is 8.40. The molecule has 0 fully saturated rings. The van der Waals surface area contributed by atoms with Crippen molar-refractivity contribution in [1.82, 2.24) is 0 Å². The van der Waals surface area contributed by atoms with Crippen LogP contribution in [0, 0.1) is 0 Å². The van der Waals surface area contributed by atoms with Crippen molar-refractivity contribution >= 4 is 5.97 Å². The fourth-order valence-corrected chi connectivity index (χ4v) is 1.91. The zero-order valence-electron chi connectivity index (χ0n) is 11.3. The molecule has 1 unspecified atom stereocenters. The molecule has 0 spiro atoms. The number of hydrogen-bond acceptors (Lipinski definition) is 3. The Bertz CT molecular complexity index is 372. The standard InChI is InChI=1S/C15H22O4/c1-2-3-4-5-6-14(11-15(17)18)19-13-9-7-12(16)8-10-13/h7-10,14,16H,2-6,11H2,1H3,(H,17,18). The summed E-state index contributed by atoms with van der Waals surface area (Å²) in [6, 6.07) is 6.36. The minimum absolute atomic E-state index is 0.00695. The molecule has 2 N–H and O–H groups in total. The van der Waals surface area contributed by atoms with Crippen LogP contribution in [0.1, 0.15) is 45.4 Å². The van der Waals surface area contributed by atoms with Crippen LogP contribution < -0.4 is 4.74 Å². The van der Waals surface area contributed by atoms with Crippen molar-refractivity contribution in [1.29, 1.82) is 0 Å².